The first-order chi connectivity index (χ1) is 10.0. The number of halogens is 1. The van der Waals surface area contributed by atoms with Crippen molar-refractivity contribution in [1.29, 1.82) is 0 Å². The molecule has 0 fully saturated rings. The average molecular weight is 308 g/mol. The van der Waals surface area contributed by atoms with E-state index in [0.717, 1.165) is 0 Å². The predicted octanol–water partition coefficient (Wildman–Crippen LogP) is 2.18. The minimum atomic E-state index is -0.574. The Kier molecular flexibility index (Phi) is 4.31. The monoisotopic (exact) mass is 307 g/mol. The number of nitrogens with one attached hydrogen (secondary N) is 2. The zero-order chi connectivity index (χ0) is 15.4. The molecule has 2 rings (SSSR count). The maximum atomic E-state index is 12.0. The maximum absolute atomic E-state index is 12.0. The summed E-state index contributed by atoms with van der Waals surface area (Å²) in [6, 6.07) is 6.80. The molecule has 0 saturated heterocycles. The van der Waals surface area contributed by atoms with Crippen molar-refractivity contribution < 1.29 is 9.72 Å². The van der Waals surface area contributed by atoms with Crippen LogP contribution in [0.2, 0.25) is 5.02 Å². The Morgan fingerprint density at radius 2 is 2.10 bits per heavy atom. The SMILES string of the molecule is NNc1ccc(C(=O)Nc2cc([N+](=O)[O-])ccc2Cl)cn1. The molecule has 1 amide bonds. The number of non-ortho nitro benzene ring substituents is 1. The number of nitro benzene ring substituents is 1. The second-order valence-electron chi connectivity index (χ2n) is 3.95. The summed E-state index contributed by atoms with van der Waals surface area (Å²) >= 11 is 5.90. The number of nitro groups is 1. The topological polar surface area (TPSA) is 123 Å². The van der Waals surface area contributed by atoms with Gasteiger partial charge in [-0.1, -0.05) is 11.6 Å². The van der Waals surface area contributed by atoms with E-state index in [1.807, 2.05) is 0 Å². The first-order valence-electron chi connectivity index (χ1n) is 5.69. The number of carbonyl (C=O) groups is 1. The lowest BCUT2D eigenvalue weighted by atomic mass is 10.2. The number of benzene rings is 1. The van der Waals surface area contributed by atoms with Gasteiger partial charge in [-0.3, -0.25) is 14.9 Å². The number of pyridine rings is 1. The van der Waals surface area contributed by atoms with Gasteiger partial charge in [0, 0.05) is 18.3 Å². The van der Waals surface area contributed by atoms with Gasteiger partial charge in [-0.25, -0.2) is 10.8 Å². The van der Waals surface area contributed by atoms with E-state index in [2.05, 4.69) is 15.7 Å². The highest BCUT2D eigenvalue weighted by molar-refractivity contribution is 6.34. The van der Waals surface area contributed by atoms with Gasteiger partial charge in [-0.05, 0) is 18.2 Å². The molecule has 0 saturated carbocycles. The van der Waals surface area contributed by atoms with Crippen LogP contribution >= 0.6 is 11.6 Å². The summed E-state index contributed by atoms with van der Waals surface area (Å²) in [6.07, 6.45) is 1.32. The van der Waals surface area contributed by atoms with Gasteiger partial charge in [0.2, 0.25) is 0 Å². The second kappa shape index (κ2) is 6.16. The molecule has 0 bridgehead atoms. The van der Waals surface area contributed by atoms with Crippen molar-refractivity contribution in [3.63, 3.8) is 0 Å². The third-order valence-electron chi connectivity index (χ3n) is 2.58. The van der Waals surface area contributed by atoms with Crippen molar-refractivity contribution in [2.24, 2.45) is 5.84 Å². The molecule has 0 radical (unpaired) electrons. The molecule has 1 aromatic carbocycles. The van der Waals surface area contributed by atoms with Gasteiger partial charge in [0.05, 0.1) is 21.2 Å². The summed E-state index contributed by atoms with van der Waals surface area (Å²) < 4.78 is 0. The molecular weight excluding hydrogens is 298 g/mol. The van der Waals surface area contributed by atoms with Gasteiger partial charge in [-0.2, -0.15) is 0 Å². The number of anilines is 2. The summed E-state index contributed by atoms with van der Waals surface area (Å²) in [4.78, 5) is 26.0. The quantitative estimate of drug-likeness (QED) is 0.452. The van der Waals surface area contributed by atoms with Gasteiger partial charge in [-0.15, -0.1) is 0 Å². The van der Waals surface area contributed by atoms with Crippen LogP contribution in [0, 0.1) is 10.1 Å². The van der Waals surface area contributed by atoms with Gasteiger partial charge in [0.25, 0.3) is 11.6 Å². The molecule has 4 N–H and O–H groups in total. The summed E-state index contributed by atoms with van der Waals surface area (Å²) in [5.41, 5.74) is 2.57. The van der Waals surface area contributed by atoms with Crippen LogP contribution in [0.15, 0.2) is 36.5 Å². The van der Waals surface area contributed by atoms with Crippen LogP contribution in [-0.2, 0) is 0 Å². The van der Waals surface area contributed by atoms with E-state index in [-0.39, 0.29) is 22.0 Å². The summed E-state index contributed by atoms with van der Waals surface area (Å²) in [5, 5.41) is 13.4. The smallest absolute Gasteiger partial charge is 0.271 e. The van der Waals surface area contributed by atoms with Crippen LogP contribution < -0.4 is 16.6 Å². The molecule has 0 spiro atoms. The fraction of sp³-hybridized carbons (Fsp3) is 0. The molecule has 1 aromatic heterocycles. The molecule has 0 aliphatic carbocycles. The molecular formula is C12H10ClN5O3. The van der Waals surface area contributed by atoms with Crippen molar-refractivity contribution in [3.8, 4) is 0 Å². The van der Waals surface area contributed by atoms with E-state index < -0.39 is 10.8 Å². The minimum absolute atomic E-state index is 0.150. The molecule has 0 aliphatic heterocycles. The summed E-state index contributed by atoms with van der Waals surface area (Å²) in [6.45, 7) is 0. The van der Waals surface area contributed by atoms with E-state index in [4.69, 9.17) is 17.4 Å². The number of hydrazine groups is 1. The van der Waals surface area contributed by atoms with Crippen LogP contribution in [0.25, 0.3) is 0 Å². The molecule has 0 aliphatic rings. The van der Waals surface area contributed by atoms with Gasteiger partial charge in [0.1, 0.15) is 5.82 Å². The number of carbonyl (C=O) groups excluding carboxylic acids is 1. The lowest BCUT2D eigenvalue weighted by Crippen LogP contribution is -2.14. The van der Waals surface area contributed by atoms with E-state index in [1.54, 1.807) is 0 Å². The number of hydrogen-bond donors (Lipinski definition) is 3. The Morgan fingerprint density at radius 1 is 1.33 bits per heavy atom. The highest BCUT2D eigenvalue weighted by atomic mass is 35.5. The molecule has 21 heavy (non-hydrogen) atoms. The Labute approximate surface area is 124 Å². The first kappa shape index (κ1) is 14.7. The third kappa shape index (κ3) is 3.44. The largest absolute Gasteiger partial charge is 0.320 e. The lowest BCUT2D eigenvalue weighted by molar-refractivity contribution is -0.384. The van der Waals surface area contributed by atoms with Crippen LogP contribution in [-0.4, -0.2) is 15.8 Å². The molecule has 9 heteroatoms. The van der Waals surface area contributed by atoms with Crippen LogP contribution in [0.5, 0.6) is 0 Å². The zero-order valence-corrected chi connectivity index (χ0v) is 11.3. The number of rotatable bonds is 4. The second-order valence-corrected chi connectivity index (χ2v) is 4.36. The van der Waals surface area contributed by atoms with Gasteiger partial charge in [0.15, 0.2) is 0 Å². The van der Waals surface area contributed by atoms with Crippen molar-refractivity contribution in [1.82, 2.24) is 4.98 Å². The highest BCUT2D eigenvalue weighted by Crippen LogP contribution is 2.27. The minimum Gasteiger partial charge on any atom is -0.320 e. The molecule has 0 unspecified atom stereocenters. The number of nitrogen functional groups attached to an aromatic ring is 1. The Balaban J connectivity index is 2.22. The molecule has 0 atom stereocenters. The molecule has 2 aromatic rings. The lowest BCUT2D eigenvalue weighted by Gasteiger charge is -2.07. The molecule has 1 heterocycles. The fourth-order valence-corrected chi connectivity index (χ4v) is 1.70. The Hall–Kier alpha value is -2.71. The predicted molar refractivity (Wildman–Crippen MR) is 78.1 cm³/mol. The number of nitrogens with two attached hydrogens (primary N) is 1. The molecule has 108 valence electrons. The Bertz CT molecular complexity index is 690. The first-order valence-corrected chi connectivity index (χ1v) is 6.07. The summed E-state index contributed by atoms with van der Waals surface area (Å²) in [7, 11) is 0. The number of nitrogens with zero attached hydrogens (tertiary/aromatic N) is 2. The Morgan fingerprint density at radius 3 is 2.67 bits per heavy atom. The number of hydrogen-bond acceptors (Lipinski definition) is 6. The number of aromatic nitrogens is 1. The standard InChI is InChI=1S/C12H10ClN5O3/c13-9-3-2-8(18(20)21)5-10(9)16-12(19)7-1-4-11(17-14)15-6-7/h1-6H,14H2,(H,15,17)(H,16,19). The third-order valence-corrected chi connectivity index (χ3v) is 2.91. The van der Waals surface area contributed by atoms with Crippen molar-refractivity contribution in [2.45, 2.75) is 0 Å². The normalized spacial score (nSPS) is 10.0. The van der Waals surface area contributed by atoms with Gasteiger partial charge < -0.3 is 10.7 Å². The molecule has 8 nitrogen and oxygen atoms in total. The van der Waals surface area contributed by atoms with E-state index in [1.165, 1.54) is 36.5 Å². The van der Waals surface area contributed by atoms with E-state index in [0.29, 0.717) is 5.82 Å². The van der Waals surface area contributed by atoms with Crippen molar-refractivity contribution in [2.75, 3.05) is 10.7 Å². The van der Waals surface area contributed by atoms with Crippen molar-refractivity contribution in [3.05, 3.63) is 57.2 Å². The fourth-order valence-electron chi connectivity index (χ4n) is 1.53. The summed E-state index contributed by atoms with van der Waals surface area (Å²) in [5.74, 6) is 5.08. The van der Waals surface area contributed by atoms with Gasteiger partial charge >= 0.3 is 0 Å². The van der Waals surface area contributed by atoms with E-state index in [9.17, 15) is 14.9 Å². The van der Waals surface area contributed by atoms with Crippen molar-refractivity contribution >= 4 is 34.7 Å². The number of amides is 1. The van der Waals surface area contributed by atoms with Crippen LogP contribution in [0.3, 0.4) is 0 Å². The average Bonchev–Trinajstić information content (AvgIpc) is 2.49. The van der Waals surface area contributed by atoms with Crippen LogP contribution in [0.4, 0.5) is 17.2 Å². The zero-order valence-electron chi connectivity index (χ0n) is 10.5. The highest BCUT2D eigenvalue weighted by Gasteiger charge is 2.13. The maximum Gasteiger partial charge on any atom is 0.271 e. The van der Waals surface area contributed by atoms with Crippen LogP contribution in [0.1, 0.15) is 10.4 Å². The van der Waals surface area contributed by atoms with E-state index >= 15 is 0 Å².